The van der Waals surface area contributed by atoms with Crippen molar-refractivity contribution in [1.82, 2.24) is 0 Å². The van der Waals surface area contributed by atoms with Crippen LogP contribution in [0.25, 0.3) is 0 Å². The highest BCUT2D eigenvalue weighted by Crippen LogP contribution is 2.28. The molecular weight excluding hydrogens is 316 g/mol. The maximum atomic E-state index is 11.8. The molecule has 0 amide bonds. The summed E-state index contributed by atoms with van der Waals surface area (Å²) in [4.78, 5) is 12.8. The highest BCUT2D eigenvalue weighted by Gasteiger charge is 2.16. The molecule has 4 nitrogen and oxygen atoms in total. The number of ether oxygens (including phenoxy) is 1. The first-order valence-corrected chi connectivity index (χ1v) is 7.97. The number of carbonyl (C=O) groups is 1. The molecule has 2 aromatic rings. The van der Waals surface area contributed by atoms with E-state index in [0.29, 0.717) is 15.7 Å². The monoisotopic (exact) mass is 334 g/mol. The van der Waals surface area contributed by atoms with Gasteiger partial charge in [-0.05, 0) is 56.2 Å². The molecule has 0 saturated carbocycles. The number of rotatable bonds is 3. The van der Waals surface area contributed by atoms with Crippen LogP contribution in [0.4, 0.5) is 10.7 Å². The van der Waals surface area contributed by atoms with Crippen LogP contribution in [-0.4, -0.2) is 18.2 Å². The summed E-state index contributed by atoms with van der Waals surface area (Å²) in [5, 5.41) is 7.38. The first-order chi connectivity index (χ1) is 10.4. The third kappa shape index (κ3) is 3.64. The molecule has 0 radical (unpaired) electrons. The fraction of sp³-hybridized carbons (Fsp3) is 0.250. The average molecular weight is 334 g/mol. The van der Waals surface area contributed by atoms with E-state index in [4.69, 9.17) is 17.0 Å². The van der Waals surface area contributed by atoms with Gasteiger partial charge in [0.1, 0.15) is 5.00 Å². The maximum absolute atomic E-state index is 11.8. The summed E-state index contributed by atoms with van der Waals surface area (Å²) >= 11 is 6.81. The van der Waals surface area contributed by atoms with E-state index in [0.717, 1.165) is 16.1 Å². The van der Waals surface area contributed by atoms with Crippen LogP contribution in [0.1, 0.15) is 26.4 Å². The first kappa shape index (κ1) is 16.5. The van der Waals surface area contributed by atoms with Crippen LogP contribution >= 0.6 is 23.6 Å². The van der Waals surface area contributed by atoms with Crippen LogP contribution in [0.15, 0.2) is 24.3 Å². The van der Waals surface area contributed by atoms with Crippen molar-refractivity contribution in [2.24, 2.45) is 0 Å². The fourth-order valence-corrected chi connectivity index (χ4v) is 3.19. The SMILES string of the molecule is COC(=O)c1cc(C)sc1NC(=S)Nc1cccc(C)c1C. The normalized spacial score (nSPS) is 10.2. The number of esters is 1. The number of carbonyl (C=O) groups excluding carboxylic acids is 1. The van der Waals surface area contributed by atoms with Crippen molar-refractivity contribution >= 4 is 45.3 Å². The zero-order valence-electron chi connectivity index (χ0n) is 12.9. The summed E-state index contributed by atoms with van der Waals surface area (Å²) in [7, 11) is 1.37. The van der Waals surface area contributed by atoms with Gasteiger partial charge in [-0.1, -0.05) is 12.1 Å². The summed E-state index contributed by atoms with van der Waals surface area (Å²) < 4.78 is 4.79. The van der Waals surface area contributed by atoms with Crippen LogP contribution in [-0.2, 0) is 4.74 Å². The maximum Gasteiger partial charge on any atom is 0.340 e. The van der Waals surface area contributed by atoms with E-state index in [1.54, 1.807) is 6.07 Å². The zero-order chi connectivity index (χ0) is 16.3. The number of hydrogen-bond acceptors (Lipinski definition) is 4. The van der Waals surface area contributed by atoms with Gasteiger partial charge in [0.15, 0.2) is 5.11 Å². The van der Waals surface area contributed by atoms with Gasteiger partial charge in [-0.3, -0.25) is 0 Å². The smallest absolute Gasteiger partial charge is 0.340 e. The fourth-order valence-electron chi connectivity index (χ4n) is 2.01. The second-order valence-corrected chi connectivity index (χ2v) is 6.58. The number of nitrogens with one attached hydrogen (secondary N) is 2. The Labute approximate surface area is 139 Å². The van der Waals surface area contributed by atoms with Crippen molar-refractivity contribution < 1.29 is 9.53 Å². The number of hydrogen-bond donors (Lipinski definition) is 2. The quantitative estimate of drug-likeness (QED) is 0.648. The summed E-state index contributed by atoms with van der Waals surface area (Å²) in [6, 6.07) is 7.79. The Balaban J connectivity index is 2.16. The highest BCUT2D eigenvalue weighted by atomic mass is 32.1. The summed E-state index contributed by atoms with van der Waals surface area (Å²) in [6.07, 6.45) is 0. The van der Waals surface area contributed by atoms with Crippen LogP contribution in [0, 0.1) is 20.8 Å². The second-order valence-electron chi connectivity index (χ2n) is 4.92. The molecule has 0 atom stereocenters. The number of methoxy groups -OCH3 is 1. The van der Waals surface area contributed by atoms with Crippen molar-refractivity contribution in [1.29, 1.82) is 0 Å². The molecule has 0 unspecified atom stereocenters. The van der Waals surface area contributed by atoms with Gasteiger partial charge >= 0.3 is 5.97 Å². The predicted octanol–water partition coefficient (Wildman–Crippen LogP) is 4.27. The molecule has 1 aromatic heterocycles. The van der Waals surface area contributed by atoms with E-state index < -0.39 is 0 Å². The van der Waals surface area contributed by atoms with Crippen LogP contribution in [0.5, 0.6) is 0 Å². The van der Waals surface area contributed by atoms with Crippen LogP contribution < -0.4 is 10.6 Å². The Morgan fingerprint density at radius 2 is 1.95 bits per heavy atom. The van der Waals surface area contributed by atoms with Crippen LogP contribution in [0.3, 0.4) is 0 Å². The number of thiophene rings is 1. The van der Waals surface area contributed by atoms with Gasteiger partial charge in [0.05, 0.1) is 12.7 Å². The van der Waals surface area contributed by atoms with Crippen molar-refractivity contribution in [2.45, 2.75) is 20.8 Å². The van der Waals surface area contributed by atoms with Crippen molar-refractivity contribution in [3.05, 3.63) is 45.8 Å². The van der Waals surface area contributed by atoms with Gasteiger partial charge in [0.25, 0.3) is 0 Å². The average Bonchev–Trinajstić information content (AvgIpc) is 2.83. The standard InChI is InChI=1S/C16H18N2O2S2/c1-9-6-5-7-13(11(9)3)17-16(21)18-14-12(15(19)20-4)8-10(2)22-14/h5-8H,1-4H3,(H2,17,18,21). The summed E-state index contributed by atoms with van der Waals surface area (Å²) in [5.74, 6) is -0.374. The highest BCUT2D eigenvalue weighted by molar-refractivity contribution is 7.80. The van der Waals surface area contributed by atoms with E-state index in [9.17, 15) is 4.79 Å². The number of thiocarbonyl (C=S) groups is 1. The third-order valence-electron chi connectivity index (χ3n) is 3.34. The Bertz CT molecular complexity index is 723. The van der Waals surface area contributed by atoms with E-state index in [2.05, 4.69) is 23.6 Å². The summed E-state index contributed by atoms with van der Waals surface area (Å²) in [5.41, 5.74) is 3.78. The first-order valence-electron chi connectivity index (χ1n) is 6.75. The number of anilines is 2. The molecule has 6 heteroatoms. The lowest BCUT2D eigenvalue weighted by atomic mass is 10.1. The molecule has 1 heterocycles. The van der Waals surface area contributed by atoms with Crippen molar-refractivity contribution in [3.63, 3.8) is 0 Å². The molecule has 2 N–H and O–H groups in total. The zero-order valence-corrected chi connectivity index (χ0v) is 14.6. The Hall–Kier alpha value is -1.92. The predicted molar refractivity (Wildman–Crippen MR) is 96.2 cm³/mol. The van der Waals surface area contributed by atoms with Gasteiger partial charge in [-0.15, -0.1) is 11.3 Å². The molecule has 1 aromatic carbocycles. The molecule has 22 heavy (non-hydrogen) atoms. The van der Waals surface area contributed by atoms with Gasteiger partial charge < -0.3 is 15.4 Å². The topological polar surface area (TPSA) is 50.4 Å². The molecule has 2 rings (SSSR count). The molecule has 0 spiro atoms. The van der Waals surface area contributed by atoms with E-state index in [1.807, 2.05) is 26.0 Å². The minimum absolute atomic E-state index is 0.374. The van der Waals surface area contributed by atoms with Gasteiger partial charge in [0.2, 0.25) is 0 Å². The number of aryl methyl sites for hydroxylation is 2. The second kappa shape index (κ2) is 6.89. The molecule has 0 aliphatic heterocycles. The molecule has 0 aliphatic rings. The lowest BCUT2D eigenvalue weighted by Gasteiger charge is -2.13. The minimum Gasteiger partial charge on any atom is -0.465 e. The molecule has 0 bridgehead atoms. The molecule has 0 saturated heterocycles. The minimum atomic E-state index is -0.374. The summed E-state index contributed by atoms with van der Waals surface area (Å²) in [6.45, 7) is 6.02. The Morgan fingerprint density at radius 3 is 2.64 bits per heavy atom. The molecule has 0 fully saturated rings. The van der Waals surface area contributed by atoms with Gasteiger partial charge in [-0.2, -0.15) is 0 Å². The van der Waals surface area contributed by atoms with Crippen molar-refractivity contribution in [3.8, 4) is 0 Å². The van der Waals surface area contributed by atoms with E-state index in [1.165, 1.54) is 24.0 Å². The van der Waals surface area contributed by atoms with Gasteiger partial charge in [-0.25, -0.2) is 4.79 Å². The number of benzene rings is 1. The van der Waals surface area contributed by atoms with E-state index in [-0.39, 0.29) is 5.97 Å². The van der Waals surface area contributed by atoms with Crippen LogP contribution in [0.2, 0.25) is 0 Å². The third-order valence-corrected chi connectivity index (χ3v) is 4.51. The lowest BCUT2D eigenvalue weighted by Crippen LogP contribution is -2.20. The molecule has 116 valence electrons. The lowest BCUT2D eigenvalue weighted by molar-refractivity contribution is 0.0602. The Kier molecular flexibility index (Phi) is 5.15. The van der Waals surface area contributed by atoms with E-state index >= 15 is 0 Å². The molecule has 0 aliphatic carbocycles. The van der Waals surface area contributed by atoms with Gasteiger partial charge in [0, 0.05) is 10.6 Å². The largest absolute Gasteiger partial charge is 0.465 e. The Morgan fingerprint density at radius 1 is 1.23 bits per heavy atom. The molecular formula is C16H18N2O2S2. The van der Waals surface area contributed by atoms with Crippen molar-refractivity contribution in [2.75, 3.05) is 17.7 Å².